The van der Waals surface area contributed by atoms with Gasteiger partial charge in [-0.25, -0.2) is 0 Å². The van der Waals surface area contributed by atoms with Crippen molar-refractivity contribution in [1.29, 1.82) is 0 Å². The molecule has 1 aromatic heterocycles. The maximum Gasteiger partial charge on any atom is 0.121 e. The first-order chi connectivity index (χ1) is 8.13. The van der Waals surface area contributed by atoms with Crippen molar-refractivity contribution in [2.75, 3.05) is 7.11 Å². The first-order valence-electron chi connectivity index (χ1n) is 5.26. The summed E-state index contributed by atoms with van der Waals surface area (Å²) < 4.78 is 5.23. The molecule has 2 aromatic rings. The van der Waals surface area contributed by atoms with E-state index in [-0.39, 0.29) is 6.04 Å². The molecule has 90 valence electrons. The molecule has 0 spiro atoms. The van der Waals surface area contributed by atoms with E-state index in [1.165, 1.54) is 0 Å². The minimum absolute atomic E-state index is 0.174. The van der Waals surface area contributed by atoms with E-state index in [0.717, 1.165) is 26.8 Å². The smallest absolute Gasteiger partial charge is 0.121 e. The van der Waals surface area contributed by atoms with Gasteiger partial charge in [-0.15, -0.1) is 11.3 Å². The molecule has 2 nitrogen and oxygen atoms in total. The van der Waals surface area contributed by atoms with Crippen LogP contribution >= 0.6 is 22.9 Å². The van der Waals surface area contributed by atoms with Crippen LogP contribution in [-0.4, -0.2) is 7.11 Å². The molecule has 0 aliphatic rings. The van der Waals surface area contributed by atoms with Gasteiger partial charge in [0, 0.05) is 4.88 Å². The molecular weight excluding hydrogens is 254 g/mol. The zero-order chi connectivity index (χ0) is 12.4. The second kappa shape index (κ2) is 5.08. The molecule has 2 rings (SSSR count). The molecule has 1 atom stereocenters. The van der Waals surface area contributed by atoms with Crippen LogP contribution in [0.15, 0.2) is 29.6 Å². The number of thiophene rings is 1. The number of hydrogen-bond acceptors (Lipinski definition) is 3. The van der Waals surface area contributed by atoms with E-state index >= 15 is 0 Å². The minimum atomic E-state index is -0.174. The van der Waals surface area contributed by atoms with Crippen molar-refractivity contribution in [3.8, 4) is 5.75 Å². The Labute approximate surface area is 110 Å². The Bertz CT molecular complexity index is 524. The SMILES string of the molecule is COc1ccc(C(N)c2sccc2Cl)cc1C. The molecule has 0 aliphatic heterocycles. The van der Waals surface area contributed by atoms with Crippen molar-refractivity contribution in [2.45, 2.75) is 13.0 Å². The fourth-order valence-electron chi connectivity index (χ4n) is 1.77. The Morgan fingerprint density at radius 2 is 2.12 bits per heavy atom. The van der Waals surface area contributed by atoms with Gasteiger partial charge in [0.15, 0.2) is 0 Å². The minimum Gasteiger partial charge on any atom is -0.496 e. The van der Waals surface area contributed by atoms with Gasteiger partial charge >= 0.3 is 0 Å². The molecule has 0 fully saturated rings. The molecule has 17 heavy (non-hydrogen) atoms. The van der Waals surface area contributed by atoms with Crippen molar-refractivity contribution < 1.29 is 4.74 Å². The third-order valence-electron chi connectivity index (χ3n) is 2.71. The highest BCUT2D eigenvalue weighted by Gasteiger charge is 2.14. The van der Waals surface area contributed by atoms with E-state index in [1.54, 1.807) is 18.4 Å². The molecule has 1 aromatic carbocycles. The van der Waals surface area contributed by atoms with Gasteiger partial charge < -0.3 is 10.5 Å². The van der Waals surface area contributed by atoms with Crippen LogP contribution in [0.2, 0.25) is 5.02 Å². The van der Waals surface area contributed by atoms with Crippen LogP contribution in [-0.2, 0) is 0 Å². The number of methoxy groups -OCH3 is 1. The summed E-state index contributed by atoms with van der Waals surface area (Å²) in [5.41, 5.74) is 8.33. The highest BCUT2D eigenvalue weighted by atomic mass is 35.5. The summed E-state index contributed by atoms with van der Waals surface area (Å²) in [5.74, 6) is 0.873. The summed E-state index contributed by atoms with van der Waals surface area (Å²) in [7, 11) is 1.66. The van der Waals surface area contributed by atoms with Crippen LogP contribution in [0, 0.1) is 6.92 Å². The Morgan fingerprint density at radius 1 is 1.35 bits per heavy atom. The molecule has 0 radical (unpaired) electrons. The standard InChI is InChI=1S/C13H14ClNOS/c1-8-7-9(3-4-11(8)16-2)12(15)13-10(14)5-6-17-13/h3-7,12H,15H2,1-2H3. The van der Waals surface area contributed by atoms with Crippen LogP contribution in [0.25, 0.3) is 0 Å². The van der Waals surface area contributed by atoms with Crippen molar-refractivity contribution >= 4 is 22.9 Å². The van der Waals surface area contributed by atoms with Gasteiger partial charge in [0.05, 0.1) is 18.2 Å². The van der Waals surface area contributed by atoms with Crippen molar-refractivity contribution in [1.82, 2.24) is 0 Å². The fraction of sp³-hybridized carbons (Fsp3) is 0.231. The van der Waals surface area contributed by atoms with Crippen LogP contribution in [0.3, 0.4) is 0 Å². The molecule has 2 N–H and O–H groups in total. The Morgan fingerprint density at radius 3 is 2.65 bits per heavy atom. The van der Waals surface area contributed by atoms with Crippen LogP contribution < -0.4 is 10.5 Å². The normalized spacial score (nSPS) is 12.5. The first kappa shape index (κ1) is 12.4. The number of halogens is 1. The third-order valence-corrected chi connectivity index (χ3v) is 4.15. The molecule has 1 unspecified atom stereocenters. The molecule has 0 aliphatic carbocycles. The Balaban J connectivity index is 2.35. The van der Waals surface area contributed by atoms with Gasteiger partial charge in [-0.05, 0) is 35.6 Å². The van der Waals surface area contributed by atoms with E-state index in [9.17, 15) is 0 Å². The zero-order valence-corrected chi connectivity index (χ0v) is 11.3. The second-order valence-electron chi connectivity index (χ2n) is 3.84. The molecular formula is C13H14ClNOS. The highest BCUT2D eigenvalue weighted by molar-refractivity contribution is 7.10. The summed E-state index contributed by atoms with van der Waals surface area (Å²) in [4.78, 5) is 0.997. The van der Waals surface area contributed by atoms with E-state index in [1.807, 2.05) is 36.6 Å². The average molecular weight is 268 g/mol. The monoisotopic (exact) mass is 267 g/mol. The lowest BCUT2D eigenvalue weighted by Gasteiger charge is -2.13. The number of rotatable bonds is 3. The molecule has 1 heterocycles. The number of ether oxygens (including phenoxy) is 1. The van der Waals surface area contributed by atoms with Gasteiger partial charge in [-0.2, -0.15) is 0 Å². The maximum atomic E-state index is 6.21. The quantitative estimate of drug-likeness (QED) is 0.919. The first-order valence-corrected chi connectivity index (χ1v) is 6.52. The van der Waals surface area contributed by atoms with E-state index in [0.29, 0.717) is 0 Å². The summed E-state index contributed by atoms with van der Waals surface area (Å²) in [5, 5.41) is 2.68. The van der Waals surface area contributed by atoms with E-state index in [4.69, 9.17) is 22.1 Å². The van der Waals surface area contributed by atoms with Crippen LogP contribution in [0.5, 0.6) is 5.75 Å². The zero-order valence-electron chi connectivity index (χ0n) is 9.74. The van der Waals surface area contributed by atoms with E-state index < -0.39 is 0 Å². The lowest BCUT2D eigenvalue weighted by Crippen LogP contribution is -2.10. The van der Waals surface area contributed by atoms with Crippen molar-refractivity contribution in [2.24, 2.45) is 5.73 Å². The average Bonchev–Trinajstić information content (AvgIpc) is 2.74. The number of benzene rings is 1. The maximum absolute atomic E-state index is 6.21. The van der Waals surface area contributed by atoms with Gasteiger partial charge in [-0.3, -0.25) is 0 Å². The number of hydrogen-bond donors (Lipinski definition) is 1. The fourth-order valence-corrected chi connectivity index (χ4v) is 2.98. The summed E-state index contributed by atoms with van der Waals surface area (Å²) in [6.45, 7) is 2.01. The highest BCUT2D eigenvalue weighted by Crippen LogP contribution is 2.32. The summed E-state index contributed by atoms with van der Waals surface area (Å²) in [6.07, 6.45) is 0. The predicted octanol–water partition coefficient (Wildman–Crippen LogP) is 3.77. The lowest BCUT2D eigenvalue weighted by atomic mass is 10.0. The topological polar surface area (TPSA) is 35.2 Å². The third kappa shape index (κ3) is 2.46. The molecule has 0 saturated heterocycles. The van der Waals surface area contributed by atoms with Crippen LogP contribution in [0.4, 0.5) is 0 Å². The van der Waals surface area contributed by atoms with Crippen molar-refractivity contribution in [3.63, 3.8) is 0 Å². The van der Waals surface area contributed by atoms with Crippen molar-refractivity contribution in [3.05, 3.63) is 50.7 Å². The molecule has 4 heteroatoms. The van der Waals surface area contributed by atoms with Gasteiger partial charge in [-0.1, -0.05) is 23.7 Å². The molecule has 0 bridgehead atoms. The van der Waals surface area contributed by atoms with Crippen LogP contribution in [0.1, 0.15) is 22.0 Å². The number of nitrogens with two attached hydrogens (primary N) is 1. The predicted molar refractivity (Wildman–Crippen MR) is 73.1 cm³/mol. The lowest BCUT2D eigenvalue weighted by molar-refractivity contribution is 0.411. The summed E-state index contributed by atoms with van der Waals surface area (Å²) in [6, 6.07) is 7.66. The van der Waals surface area contributed by atoms with Gasteiger partial charge in [0.1, 0.15) is 5.75 Å². The Hall–Kier alpha value is -1.03. The van der Waals surface area contributed by atoms with E-state index in [2.05, 4.69) is 0 Å². The summed E-state index contributed by atoms with van der Waals surface area (Å²) >= 11 is 7.67. The number of aryl methyl sites for hydroxylation is 1. The second-order valence-corrected chi connectivity index (χ2v) is 5.19. The molecule has 0 saturated carbocycles. The van der Waals surface area contributed by atoms with Gasteiger partial charge in [0.2, 0.25) is 0 Å². The molecule has 0 amide bonds. The Kier molecular flexibility index (Phi) is 3.72. The largest absolute Gasteiger partial charge is 0.496 e. The van der Waals surface area contributed by atoms with Gasteiger partial charge in [0.25, 0.3) is 0 Å².